The van der Waals surface area contributed by atoms with Gasteiger partial charge in [-0.15, -0.1) is 0 Å². The number of carbonyl (C=O) groups is 2. The second-order valence-electron chi connectivity index (χ2n) is 3.81. The van der Waals surface area contributed by atoms with Crippen LogP contribution in [0.3, 0.4) is 0 Å². The number of rotatable bonds is 3. The second-order valence-corrected chi connectivity index (χ2v) is 4.87. The highest BCUT2D eigenvalue weighted by atomic mass is 32.1. The molecule has 2 N–H and O–H groups in total. The number of thiazole rings is 1. The summed E-state index contributed by atoms with van der Waals surface area (Å²) in [5, 5.41) is 0.434. The first kappa shape index (κ1) is 13.3. The summed E-state index contributed by atoms with van der Waals surface area (Å²) in [6, 6.07) is 4.89. The summed E-state index contributed by atoms with van der Waals surface area (Å²) in [6.45, 7) is 1.45. The lowest BCUT2D eigenvalue weighted by atomic mass is 10.2. The summed E-state index contributed by atoms with van der Waals surface area (Å²) < 4.78 is 10.3. The van der Waals surface area contributed by atoms with Crippen LogP contribution in [0.15, 0.2) is 18.2 Å². The topological polar surface area (TPSA) is 91.5 Å². The molecular formula is C12H12N2O4S. The summed E-state index contributed by atoms with van der Waals surface area (Å²) in [4.78, 5) is 27.1. The van der Waals surface area contributed by atoms with Crippen molar-refractivity contribution < 1.29 is 19.1 Å². The van der Waals surface area contributed by atoms with Crippen molar-refractivity contribution in [1.29, 1.82) is 0 Å². The minimum Gasteiger partial charge on any atom is -0.466 e. The van der Waals surface area contributed by atoms with Gasteiger partial charge in [-0.1, -0.05) is 11.3 Å². The van der Waals surface area contributed by atoms with E-state index in [1.807, 2.05) is 0 Å². The van der Waals surface area contributed by atoms with E-state index >= 15 is 0 Å². The molecule has 0 saturated heterocycles. The van der Waals surface area contributed by atoms with Crippen LogP contribution in [0.4, 0.5) is 5.13 Å². The first-order valence-corrected chi connectivity index (χ1v) is 6.28. The van der Waals surface area contributed by atoms with Crippen molar-refractivity contribution >= 4 is 38.6 Å². The molecular weight excluding hydrogens is 268 g/mol. The lowest BCUT2D eigenvalue weighted by Gasteiger charge is -2.10. The third-order valence-corrected chi connectivity index (χ3v) is 3.30. The molecule has 2 aromatic rings. The number of fused-ring (bicyclic) bond motifs is 1. The summed E-state index contributed by atoms with van der Waals surface area (Å²) in [5.41, 5.74) is 6.65. The van der Waals surface area contributed by atoms with Crippen LogP contribution in [0.1, 0.15) is 17.3 Å². The molecule has 0 spiro atoms. The number of benzene rings is 1. The number of aromatic nitrogens is 1. The van der Waals surface area contributed by atoms with Gasteiger partial charge in [-0.2, -0.15) is 0 Å². The van der Waals surface area contributed by atoms with Gasteiger partial charge in [0, 0.05) is 0 Å². The van der Waals surface area contributed by atoms with Crippen molar-refractivity contribution in [2.75, 3.05) is 12.8 Å². The normalized spacial score (nSPS) is 12.1. The zero-order valence-corrected chi connectivity index (χ0v) is 11.2. The zero-order chi connectivity index (χ0) is 14.0. The molecule has 0 radical (unpaired) electrons. The molecule has 0 unspecified atom stereocenters. The highest BCUT2D eigenvalue weighted by Gasteiger charge is 2.19. The zero-order valence-electron chi connectivity index (χ0n) is 10.4. The number of hydrogen-bond donors (Lipinski definition) is 1. The molecule has 0 aliphatic heterocycles. The average molecular weight is 280 g/mol. The average Bonchev–Trinajstić information content (AvgIpc) is 2.76. The molecule has 1 atom stereocenters. The fourth-order valence-corrected chi connectivity index (χ4v) is 2.29. The van der Waals surface area contributed by atoms with Gasteiger partial charge in [-0.25, -0.2) is 14.6 Å². The molecule has 7 heteroatoms. The Hall–Kier alpha value is -2.15. The summed E-state index contributed by atoms with van der Waals surface area (Å²) in [5.74, 6) is -1.19. The van der Waals surface area contributed by atoms with Crippen LogP contribution in [0, 0.1) is 0 Å². The van der Waals surface area contributed by atoms with Crippen molar-refractivity contribution in [2.45, 2.75) is 13.0 Å². The number of nitrogens with two attached hydrogens (primary N) is 1. The van der Waals surface area contributed by atoms with Gasteiger partial charge in [-0.3, -0.25) is 0 Å². The van der Waals surface area contributed by atoms with Crippen molar-refractivity contribution in [1.82, 2.24) is 4.98 Å². The fourth-order valence-electron chi connectivity index (χ4n) is 1.51. The molecule has 0 fully saturated rings. The smallest absolute Gasteiger partial charge is 0.346 e. The van der Waals surface area contributed by atoms with E-state index in [0.717, 1.165) is 10.2 Å². The Bertz CT molecular complexity index is 638. The molecule has 6 nitrogen and oxygen atoms in total. The van der Waals surface area contributed by atoms with E-state index in [2.05, 4.69) is 9.72 Å². The predicted molar refractivity (Wildman–Crippen MR) is 70.9 cm³/mol. The van der Waals surface area contributed by atoms with Gasteiger partial charge in [0.05, 0.1) is 22.9 Å². The van der Waals surface area contributed by atoms with Gasteiger partial charge in [0.1, 0.15) is 0 Å². The van der Waals surface area contributed by atoms with E-state index in [1.165, 1.54) is 25.4 Å². The van der Waals surface area contributed by atoms with Crippen molar-refractivity contribution in [3.8, 4) is 0 Å². The molecule has 19 heavy (non-hydrogen) atoms. The molecule has 1 heterocycles. The maximum atomic E-state index is 11.8. The maximum Gasteiger partial charge on any atom is 0.346 e. The van der Waals surface area contributed by atoms with Gasteiger partial charge >= 0.3 is 11.9 Å². The molecule has 100 valence electrons. The number of carbonyl (C=O) groups excluding carboxylic acids is 2. The fraction of sp³-hybridized carbons (Fsp3) is 0.250. The summed E-state index contributed by atoms with van der Waals surface area (Å²) in [7, 11) is 1.23. The third-order valence-electron chi connectivity index (χ3n) is 2.46. The number of methoxy groups -OCH3 is 1. The summed E-state index contributed by atoms with van der Waals surface area (Å²) in [6.07, 6.45) is -0.945. The van der Waals surface area contributed by atoms with Gasteiger partial charge in [0.25, 0.3) is 0 Å². The monoisotopic (exact) mass is 280 g/mol. The number of nitrogens with zero attached hydrogens (tertiary/aromatic N) is 1. The van der Waals surface area contributed by atoms with E-state index in [1.54, 1.807) is 18.2 Å². The van der Waals surface area contributed by atoms with Gasteiger partial charge < -0.3 is 15.2 Å². The largest absolute Gasteiger partial charge is 0.466 e. The molecule has 0 aliphatic carbocycles. The molecule has 0 saturated carbocycles. The molecule has 2 rings (SSSR count). The van der Waals surface area contributed by atoms with Crippen molar-refractivity contribution in [3.63, 3.8) is 0 Å². The Labute approximate surface area is 113 Å². The van der Waals surface area contributed by atoms with Crippen LogP contribution in [0.25, 0.3) is 10.2 Å². The SMILES string of the molecule is COC(=O)[C@@H](C)OC(=O)c1ccc2nc(N)sc2c1. The Morgan fingerprint density at radius 1 is 1.42 bits per heavy atom. The second kappa shape index (κ2) is 5.23. The Morgan fingerprint density at radius 3 is 2.84 bits per heavy atom. The number of ether oxygens (including phenoxy) is 2. The van der Waals surface area contributed by atoms with E-state index in [9.17, 15) is 9.59 Å². The number of anilines is 1. The minimum atomic E-state index is -0.945. The molecule has 0 amide bonds. The lowest BCUT2D eigenvalue weighted by Crippen LogP contribution is -2.25. The van der Waals surface area contributed by atoms with E-state index < -0.39 is 18.0 Å². The third kappa shape index (κ3) is 2.82. The highest BCUT2D eigenvalue weighted by molar-refractivity contribution is 7.22. The van der Waals surface area contributed by atoms with Crippen LogP contribution in [-0.4, -0.2) is 30.1 Å². The quantitative estimate of drug-likeness (QED) is 0.858. The Morgan fingerprint density at radius 2 is 2.16 bits per heavy atom. The molecule has 1 aromatic heterocycles. The van der Waals surface area contributed by atoms with Gasteiger partial charge in [-0.05, 0) is 25.1 Å². The van der Waals surface area contributed by atoms with E-state index in [0.29, 0.717) is 10.7 Å². The standard InChI is InChI=1S/C12H12N2O4S/c1-6(10(15)17-2)18-11(16)7-3-4-8-9(5-7)19-12(13)14-8/h3-6H,1-2H3,(H2,13,14)/t6-/m1/s1. The lowest BCUT2D eigenvalue weighted by molar-refractivity contribution is -0.149. The van der Waals surface area contributed by atoms with Crippen LogP contribution in [-0.2, 0) is 14.3 Å². The number of hydrogen-bond acceptors (Lipinski definition) is 7. The van der Waals surface area contributed by atoms with Crippen LogP contribution in [0.5, 0.6) is 0 Å². The van der Waals surface area contributed by atoms with E-state index in [-0.39, 0.29) is 0 Å². The van der Waals surface area contributed by atoms with Crippen LogP contribution >= 0.6 is 11.3 Å². The molecule has 0 bridgehead atoms. The first-order valence-electron chi connectivity index (χ1n) is 5.46. The van der Waals surface area contributed by atoms with Crippen molar-refractivity contribution in [3.05, 3.63) is 23.8 Å². The van der Waals surface area contributed by atoms with Crippen molar-refractivity contribution in [2.24, 2.45) is 0 Å². The highest BCUT2D eigenvalue weighted by Crippen LogP contribution is 2.24. The van der Waals surface area contributed by atoms with E-state index in [4.69, 9.17) is 10.5 Å². The first-order chi connectivity index (χ1) is 9.01. The van der Waals surface area contributed by atoms with Gasteiger partial charge in [0.2, 0.25) is 0 Å². The Kier molecular flexibility index (Phi) is 3.66. The van der Waals surface area contributed by atoms with Gasteiger partial charge in [0.15, 0.2) is 11.2 Å². The minimum absolute atomic E-state index is 0.340. The molecule has 0 aliphatic rings. The predicted octanol–water partition coefficient (Wildman–Crippen LogP) is 1.60. The molecule has 1 aromatic carbocycles. The van der Waals surface area contributed by atoms with Crippen LogP contribution in [0.2, 0.25) is 0 Å². The number of nitrogen functional groups attached to an aromatic ring is 1. The Balaban J connectivity index is 2.19. The number of esters is 2. The summed E-state index contributed by atoms with van der Waals surface area (Å²) >= 11 is 1.28. The van der Waals surface area contributed by atoms with Crippen LogP contribution < -0.4 is 5.73 Å². The maximum absolute atomic E-state index is 11.8.